The van der Waals surface area contributed by atoms with Gasteiger partial charge in [-0.15, -0.1) is 24.0 Å². The molecule has 21 heavy (non-hydrogen) atoms. The SMILES string of the molecule is CCNC(=NCC(OC)C(C)(C)C)NCCCOCC.I. The van der Waals surface area contributed by atoms with Gasteiger partial charge in [-0.25, -0.2) is 0 Å². The van der Waals surface area contributed by atoms with Crippen LogP contribution in [0, 0.1) is 5.41 Å². The van der Waals surface area contributed by atoms with Crippen molar-refractivity contribution in [3.05, 3.63) is 0 Å². The summed E-state index contributed by atoms with van der Waals surface area (Å²) >= 11 is 0. The third-order valence-electron chi connectivity index (χ3n) is 2.97. The third-order valence-corrected chi connectivity index (χ3v) is 2.97. The van der Waals surface area contributed by atoms with Crippen molar-refractivity contribution < 1.29 is 9.47 Å². The van der Waals surface area contributed by atoms with Gasteiger partial charge in [-0.3, -0.25) is 4.99 Å². The number of hydrogen-bond acceptors (Lipinski definition) is 3. The molecule has 0 aromatic heterocycles. The fraction of sp³-hybridized carbons (Fsp3) is 0.933. The monoisotopic (exact) mass is 415 g/mol. The van der Waals surface area contributed by atoms with E-state index in [9.17, 15) is 0 Å². The van der Waals surface area contributed by atoms with E-state index in [1.807, 2.05) is 6.92 Å². The Kier molecular flexibility index (Phi) is 15.0. The van der Waals surface area contributed by atoms with E-state index in [0.29, 0.717) is 6.54 Å². The zero-order valence-corrected chi connectivity index (χ0v) is 16.8. The largest absolute Gasteiger partial charge is 0.382 e. The van der Waals surface area contributed by atoms with E-state index in [1.54, 1.807) is 7.11 Å². The molecule has 0 aliphatic rings. The summed E-state index contributed by atoms with van der Waals surface area (Å²) in [4.78, 5) is 4.60. The first-order valence-electron chi connectivity index (χ1n) is 7.58. The van der Waals surface area contributed by atoms with Gasteiger partial charge < -0.3 is 20.1 Å². The molecule has 0 fully saturated rings. The van der Waals surface area contributed by atoms with Gasteiger partial charge in [0, 0.05) is 33.4 Å². The molecule has 0 aromatic carbocycles. The topological polar surface area (TPSA) is 54.9 Å². The van der Waals surface area contributed by atoms with Crippen LogP contribution in [0.4, 0.5) is 0 Å². The lowest BCUT2D eigenvalue weighted by atomic mass is 9.89. The Morgan fingerprint density at radius 2 is 1.86 bits per heavy atom. The highest BCUT2D eigenvalue weighted by atomic mass is 127. The molecule has 0 aliphatic carbocycles. The molecule has 2 N–H and O–H groups in total. The van der Waals surface area contributed by atoms with Gasteiger partial charge in [0.1, 0.15) is 0 Å². The normalized spacial score (nSPS) is 13.5. The van der Waals surface area contributed by atoms with Crippen LogP contribution in [0.15, 0.2) is 4.99 Å². The van der Waals surface area contributed by atoms with Gasteiger partial charge in [-0.1, -0.05) is 20.8 Å². The van der Waals surface area contributed by atoms with E-state index in [2.05, 4.69) is 43.3 Å². The Labute approximate surface area is 147 Å². The Morgan fingerprint density at radius 3 is 2.33 bits per heavy atom. The number of nitrogens with zero attached hydrogens (tertiary/aromatic N) is 1. The second kappa shape index (κ2) is 13.6. The van der Waals surface area contributed by atoms with Gasteiger partial charge in [-0.2, -0.15) is 0 Å². The first kappa shape index (κ1) is 23.2. The van der Waals surface area contributed by atoms with Crippen molar-refractivity contribution in [3.63, 3.8) is 0 Å². The minimum absolute atomic E-state index is 0. The van der Waals surface area contributed by atoms with E-state index in [1.165, 1.54) is 0 Å². The molecule has 0 saturated heterocycles. The highest BCUT2D eigenvalue weighted by Gasteiger charge is 2.23. The molecule has 0 rings (SSSR count). The van der Waals surface area contributed by atoms with Crippen LogP contribution in [-0.2, 0) is 9.47 Å². The van der Waals surface area contributed by atoms with Crippen molar-refractivity contribution >= 4 is 29.9 Å². The van der Waals surface area contributed by atoms with E-state index in [-0.39, 0.29) is 35.5 Å². The Hall–Kier alpha value is -0.0800. The minimum atomic E-state index is 0. The molecule has 0 aromatic rings. The lowest BCUT2D eigenvalue weighted by Gasteiger charge is -2.28. The van der Waals surface area contributed by atoms with Crippen LogP contribution in [0.5, 0.6) is 0 Å². The van der Waals surface area contributed by atoms with E-state index < -0.39 is 0 Å². The van der Waals surface area contributed by atoms with E-state index in [4.69, 9.17) is 9.47 Å². The fourth-order valence-electron chi connectivity index (χ4n) is 1.74. The average molecular weight is 415 g/mol. The van der Waals surface area contributed by atoms with Crippen molar-refractivity contribution in [2.24, 2.45) is 10.4 Å². The maximum Gasteiger partial charge on any atom is 0.191 e. The van der Waals surface area contributed by atoms with Crippen molar-refractivity contribution in [2.45, 2.75) is 47.1 Å². The number of hydrogen-bond donors (Lipinski definition) is 2. The van der Waals surface area contributed by atoms with E-state index in [0.717, 1.165) is 38.7 Å². The van der Waals surface area contributed by atoms with Gasteiger partial charge >= 0.3 is 0 Å². The maximum atomic E-state index is 5.52. The molecular formula is C15H34IN3O2. The molecule has 0 heterocycles. The minimum Gasteiger partial charge on any atom is -0.382 e. The summed E-state index contributed by atoms with van der Waals surface area (Å²) in [6.45, 7) is 14.5. The summed E-state index contributed by atoms with van der Waals surface area (Å²) in [6, 6.07) is 0. The average Bonchev–Trinajstić information content (AvgIpc) is 2.37. The number of methoxy groups -OCH3 is 1. The van der Waals surface area contributed by atoms with Crippen LogP contribution in [0.1, 0.15) is 41.0 Å². The number of rotatable bonds is 9. The molecule has 0 aliphatic heterocycles. The highest BCUT2D eigenvalue weighted by Crippen LogP contribution is 2.21. The number of guanidine groups is 1. The van der Waals surface area contributed by atoms with Crippen LogP contribution in [0.3, 0.4) is 0 Å². The number of halogens is 1. The van der Waals surface area contributed by atoms with Crippen LogP contribution in [0.25, 0.3) is 0 Å². The molecule has 0 bridgehead atoms. The molecule has 1 atom stereocenters. The molecule has 128 valence electrons. The van der Waals surface area contributed by atoms with Crippen molar-refractivity contribution in [1.82, 2.24) is 10.6 Å². The van der Waals surface area contributed by atoms with Crippen molar-refractivity contribution in [3.8, 4) is 0 Å². The molecule has 0 amide bonds. The zero-order chi connectivity index (χ0) is 15.4. The summed E-state index contributed by atoms with van der Waals surface area (Å²) in [5.74, 6) is 0.843. The second-order valence-corrected chi connectivity index (χ2v) is 5.79. The molecule has 0 saturated carbocycles. The van der Waals surface area contributed by atoms with Crippen molar-refractivity contribution in [2.75, 3.05) is 40.0 Å². The van der Waals surface area contributed by atoms with Crippen LogP contribution < -0.4 is 10.6 Å². The standard InChI is InChI=1S/C15H33N3O2.HI/c1-7-16-14(17-10-9-11-20-8-2)18-12-13(19-6)15(3,4)5;/h13H,7-12H2,1-6H3,(H2,16,17,18);1H. The van der Waals surface area contributed by atoms with Crippen LogP contribution in [0.2, 0.25) is 0 Å². The van der Waals surface area contributed by atoms with Gasteiger partial charge in [0.05, 0.1) is 12.6 Å². The Balaban J connectivity index is 0. The zero-order valence-electron chi connectivity index (χ0n) is 14.5. The summed E-state index contributed by atoms with van der Waals surface area (Å²) in [6.07, 6.45) is 1.09. The second-order valence-electron chi connectivity index (χ2n) is 5.79. The predicted octanol–water partition coefficient (Wildman–Crippen LogP) is 2.65. The van der Waals surface area contributed by atoms with E-state index >= 15 is 0 Å². The fourth-order valence-corrected chi connectivity index (χ4v) is 1.74. The van der Waals surface area contributed by atoms with Crippen molar-refractivity contribution in [1.29, 1.82) is 0 Å². The molecule has 0 radical (unpaired) electrons. The summed E-state index contributed by atoms with van der Waals surface area (Å²) < 4.78 is 10.8. The third kappa shape index (κ3) is 12.2. The quantitative estimate of drug-likeness (QED) is 0.263. The lowest BCUT2D eigenvalue weighted by molar-refractivity contribution is 0.0241. The van der Waals surface area contributed by atoms with Gasteiger partial charge in [-0.05, 0) is 25.7 Å². The summed E-state index contributed by atoms with van der Waals surface area (Å²) in [5, 5.41) is 6.56. The molecule has 5 nitrogen and oxygen atoms in total. The first-order valence-corrected chi connectivity index (χ1v) is 7.58. The van der Waals surface area contributed by atoms with Gasteiger partial charge in [0.2, 0.25) is 0 Å². The molecular weight excluding hydrogens is 381 g/mol. The molecule has 0 spiro atoms. The smallest absolute Gasteiger partial charge is 0.191 e. The number of aliphatic imine (C=N–C) groups is 1. The summed E-state index contributed by atoms with van der Waals surface area (Å²) in [7, 11) is 1.74. The predicted molar refractivity (Wildman–Crippen MR) is 101 cm³/mol. The van der Waals surface area contributed by atoms with Gasteiger partial charge in [0.15, 0.2) is 5.96 Å². The maximum absolute atomic E-state index is 5.52. The van der Waals surface area contributed by atoms with Gasteiger partial charge in [0.25, 0.3) is 0 Å². The first-order chi connectivity index (χ1) is 9.45. The Morgan fingerprint density at radius 1 is 1.19 bits per heavy atom. The molecule has 6 heteroatoms. The molecule has 1 unspecified atom stereocenters. The number of ether oxygens (including phenoxy) is 2. The van der Waals surface area contributed by atoms with Crippen LogP contribution >= 0.6 is 24.0 Å². The summed E-state index contributed by atoms with van der Waals surface area (Å²) in [5.41, 5.74) is 0.0878. The van der Waals surface area contributed by atoms with Crippen LogP contribution in [-0.4, -0.2) is 52.0 Å². The highest BCUT2D eigenvalue weighted by molar-refractivity contribution is 14.0. The Bertz CT molecular complexity index is 268. The number of nitrogens with one attached hydrogen (secondary N) is 2. The lowest BCUT2D eigenvalue weighted by Crippen LogP contribution is -2.40.